The molecule has 1 saturated heterocycles. The minimum Gasteiger partial charge on any atom is -0.295 e. The van der Waals surface area contributed by atoms with Gasteiger partial charge in [0.25, 0.3) is 0 Å². The number of hydrogen-bond acceptors (Lipinski definition) is 2. The van der Waals surface area contributed by atoms with Gasteiger partial charge in [-0.15, -0.1) is 0 Å². The molecule has 1 aromatic carbocycles. The van der Waals surface area contributed by atoms with Gasteiger partial charge in [-0.25, -0.2) is 0 Å². The van der Waals surface area contributed by atoms with Gasteiger partial charge in [-0.3, -0.25) is 4.84 Å². The van der Waals surface area contributed by atoms with Gasteiger partial charge in [0.15, 0.2) is 0 Å². The van der Waals surface area contributed by atoms with E-state index < -0.39 is 8.07 Å². The summed E-state index contributed by atoms with van der Waals surface area (Å²) < 4.78 is 0. The second-order valence-corrected chi connectivity index (χ2v) is 13.0. The highest BCUT2D eigenvalue weighted by atomic mass is 28.3. The largest absolute Gasteiger partial charge is 0.295 e. The number of benzene rings is 1. The van der Waals surface area contributed by atoms with Crippen molar-refractivity contribution in [1.29, 1.82) is 0 Å². The predicted octanol–water partition coefficient (Wildman–Crippen LogP) is 4.48. The van der Waals surface area contributed by atoms with Crippen molar-refractivity contribution in [3.05, 3.63) is 35.9 Å². The van der Waals surface area contributed by atoms with Crippen LogP contribution in [0.15, 0.2) is 30.3 Å². The number of fused-ring (bicyclic) bond motifs is 1. The molecule has 20 heavy (non-hydrogen) atoms. The molecule has 0 radical (unpaired) electrons. The Morgan fingerprint density at radius 3 is 2.45 bits per heavy atom. The van der Waals surface area contributed by atoms with Crippen LogP contribution in [0.3, 0.4) is 0 Å². The fourth-order valence-corrected chi connectivity index (χ4v) is 6.61. The van der Waals surface area contributed by atoms with Crippen LogP contribution < -0.4 is 0 Å². The van der Waals surface area contributed by atoms with Crippen molar-refractivity contribution in [3.8, 4) is 0 Å². The van der Waals surface area contributed by atoms with Crippen molar-refractivity contribution in [1.82, 2.24) is 5.06 Å². The van der Waals surface area contributed by atoms with Crippen molar-refractivity contribution in [2.45, 2.75) is 56.6 Å². The molecule has 1 aliphatic heterocycles. The first-order valence-electron chi connectivity index (χ1n) is 7.93. The molecule has 1 aliphatic carbocycles. The molecule has 4 atom stereocenters. The van der Waals surface area contributed by atoms with Crippen LogP contribution >= 0.6 is 0 Å². The second-order valence-electron chi connectivity index (χ2n) is 7.54. The average Bonchev–Trinajstić information content (AvgIpc) is 2.74. The lowest BCUT2D eigenvalue weighted by Crippen LogP contribution is -2.41. The van der Waals surface area contributed by atoms with Crippen LogP contribution in [0, 0.1) is 5.92 Å². The number of hydroxylamine groups is 2. The van der Waals surface area contributed by atoms with E-state index >= 15 is 0 Å². The van der Waals surface area contributed by atoms with E-state index in [0.29, 0.717) is 18.1 Å². The zero-order chi connectivity index (χ0) is 14.3. The van der Waals surface area contributed by atoms with Crippen LogP contribution in [0.2, 0.25) is 25.2 Å². The molecule has 2 aliphatic rings. The molecule has 0 bridgehead atoms. The Morgan fingerprint density at radius 2 is 1.80 bits per heavy atom. The summed E-state index contributed by atoms with van der Waals surface area (Å²) in [5.74, 6) is 0.674. The average molecular weight is 289 g/mol. The molecule has 2 nitrogen and oxygen atoms in total. The van der Waals surface area contributed by atoms with Crippen LogP contribution in [0.1, 0.15) is 30.9 Å². The summed E-state index contributed by atoms with van der Waals surface area (Å²) in [6.45, 7) is 7.50. The molecule has 3 heteroatoms. The molecule has 1 aromatic rings. The van der Waals surface area contributed by atoms with Crippen molar-refractivity contribution in [2.75, 3.05) is 7.05 Å². The number of rotatable bonds is 2. The Morgan fingerprint density at radius 1 is 1.10 bits per heavy atom. The molecular weight excluding hydrogens is 262 g/mol. The molecule has 3 rings (SSSR count). The Kier molecular flexibility index (Phi) is 3.78. The highest BCUT2D eigenvalue weighted by molar-refractivity contribution is 6.77. The van der Waals surface area contributed by atoms with Gasteiger partial charge in [-0.1, -0.05) is 62.8 Å². The lowest BCUT2D eigenvalue weighted by atomic mass is 9.79. The first-order valence-corrected chi connectivity index (χ1v) is 11.5. The molecule has 1 saturated carbocycles. The number of nitrogens with zero attached hydrogens (tertiary/aromatic N) is 1. The predicted molar refractivity (Wildman–Crippen MR) is 86.3 cm³/mol. The molecular formula is C17H27NOSi. The molecule has 0 N–H and O–H groups in total. The van der Waals surface area contributed by atoms with Gasteiger partial charge in [0, 0.05) is 13.0 Å². The second kappa shape index (κ2) is 5.28. The number of hydrogen-bond donors (Lipinski definition) is 0. The summed E-state index contributed by atoms with van der Waals surface area (Å²) >= 11 is 0. The van der Waals surface area contributed by atoms with Gasteiger partial charge < -0.3 is 0 Å². The van der Waals surface area contributed by atoms with E-state index in [-0.39, 0.29) is 0 Å². The third-order valence-electron chi connectivity index (χ3n) is 5.21. The maximum atomic E-state index is 6.34. The molecule has 1 heterocycles. The third kappa shape index (κ3) is 2.47. The summed E-state index contributed by atoms with van der Waals surface area (Å²) in [5, 5.41) is 2.14. The minimum absolute atomic E-state index is 0.445. The molecule has 4 unspecified atom stereocenters. The fourth-order valence-electron chi connectivity index (χ4n) is 4.25. The Bertz CT molecular complexity index is 456. The van der Waals surface area contributed by atoms with Crippen LogP contribution in [0.25, 0.3) is 0 Å². The summed E-state index contributed by atoms with van der Waals surface area (Å²) in [7, 11) is 0.968. The van der Waals surface area contributed by atoms with Crippen LogP contribution in [-0.4, -0.2) is 26.3 Å². The van der Waals surface area contributed by atoms with E-state index in [1.807, 2.05) is 0 Å². The third-order valence-corrected chi connectivity index (χ3v) is 8.05. The fraction of sp³-hybridized carbons (Fsp3) is 0.647. The monoisotopic (exact) mass is 289 g/mol. The van der Waals surface area contributed by atoms with Gasteiger partial charge in [0.2, 0.25) is 0 Å². The van der Waals surface area contributed by atoms with Gasteiger partial charge in [0.05, 0.1) is 20.2 Å². The Hall–Kier alpha value is -0.643. The normalized spacial score (nSPS) is 35.0. The van der Waals surface area contributed by atoms with E-state index in [2.05, 4.69) is 62.1 Å². The van der Waals surface area contributed by atoms with E-state index in [4.69, 9.17) is 4.84 Å². The van der Waals surface area contributed by atoms with Crippen LogP contribution in [0.5, 0.6) is 0 Å². The Balaban J connectivity index is 1.89. The van der Waals surface area contributed by atoms with Crippen molar-refractivity contribution < 1.29 is 4.84 Å². The maximum absolute atomic E-state index is 6.34. The van der Waals surface area contributed by atoms with Gasteiger partial charge >= 0.3 is 0 Å². The molecule has 0 amide bonds. The zero-order valence-corrected chi connectivity index (χ0v) is 14.2. The first kappa shape index (κ1) is 14.3. The Labute approximate surface area is 124 Å². The molecule has 0 aromatic heterocycles. The van der Waals surface area contributed by atoms with E-state index in [9.17, 15) is 0 Å². The highest BCUT2D eigenvalue weighted by Gasteiger charge is 2.50. The molecule has 2 fully saturated rings. The van der Waals surface area contributed by atoms with Crippen molar-refractivity contribution >= 4 is 8.07 Å². The van der Waals surface area contributed by atoms with Crippen molar-refractivity contribution in [2.24, 2.45) is 5.92 Å². The first-order chi connectivity index (χ1) is 9.48. The zero-order valence-electron chi connectivity index (χ0n) is 13.2. The topological polar surface area (TPSA) is 12.5 Å². The van der Waals surface area contributed by atoms with Crippen LogP contribution in [-0.2, 0) is 4.84 Å². The lowest BCUT2D eigenvalue weighted by Gasteiger charge is -2.39. The van der Waals surface area contributed by atoms with E-state index in [1.165, 1.54) is 24.8 Å². The summed E-state index contributed by atoms with van der Waals surface area (Å²) in [5.41, 5.74) is 2.22. The van der Waals surface area contributed by atoms with E-state index in [0.717, 1.165) is 5.54 Å². The quantitative estimate of drug-likeness (QED) is 0.744. The lowest BCUT2D eigenvalue weighted by molar-refractivity contribution is -0.147. The summed E-state index contributed by atoms with van der Waals surface area (Å²) in [6, 6.07) is 11.4. The van der Waals surface area contributed by atoms with E-state index in [1.54, 1.807) is 0 Å². The maximum Gasteiger partial charge on any atom is 0.0845 e. The van der Waals surface area contributed by atoms with Gasteiger partial charge in [-0.2, -0.15) is 5.06 Å². The molecule has 0 spiro atoms. The van der Waals surface area contributed by atoms with Crippen LogP contribution in [0.4, 0.5) is 0 Å². The van der Waals surface area contributed by atoms with Gasteiger partial charge in [-0.05, 0) is 17.5 Å². The van der Waals surface area contributed by atoms with Gasteiger partial charge in [0.1, 0.15) is 0 Å². The summed E-state index contributed by atoms with van der Waals surface area (Å²) in [4.78, 5) is 6.34. The highest BCUT2D eigenvalue weighted by Crippen LogP contribution is 2.52. The van der Waals surface area contributed by atoms with Crippen molar-refractivity contribution in [3.63, 3.8) is 0 Å². The summed E-state index contributed by atoms with van der Waals surface area (Å²) in [6.07, 6.45) is 4.50. The standard InChI is InChI=1S/C17H27NOSi/c1-18-16(13-9-6-5-7-10-13)14-11-8-12-15(17(14)19-18)20(2,3)4/h5-7,9-10,14-17H,8,11-12H2,1-4H3. The smallest absolute Gasteiger partial charge is 0.0845 e. The molecule has 110 valence electrons. The minimum atomic E-state index is -1.15. The SMILES string of the molecule is CN1OC2C(CCCC2[Si](C)(C)C)C1c1ccccc1.